The van der Waals surface area contributed by atoms with E-state index in [1.54, 1.807) is 0 Å². The van der Waals surface area contributed by atoms with E-state index in [1.807, 2.05) is 6.08 Å². The molecule has 0 saturated carbocycles. The van der Waals surface area contributed by atoms with Crippen molar-refractivity contribution in [3.05, 3.63) is 12.2 Å². The summed E-state index contributed by atoms with van der Waals surface area (Å²) in [5.74, 6) is -0.355. The molecule has 3 heteroatoms. The number of amides is 1. The van der Waals surface area contributed by atoms with Gasteiger partial charge in [-0.1, -0.05) is 12.5 Å². The number of hydrogen-bond donors (Lipinski definition) is 1. The second-order valence-corrected chi connectivity index (χ2v) is 3.17. The van der Waals surface area contributed by atoms with Crippen LogP contribution in [-0.4, -0.2) is 30.4 Å². The number of carbonyl (C=O) groups excluding carboxylic acids is 1. The lowest BCUT2D eigenvalue weighted by atomic mass is 10.1. The molecular formula is C9H16N2O. The maximum Gasteiger partial charge on any atom is 0.241 e. The average molecular weight is 168 g/mol. The van der Waals surface area contributed by atoms with E-state index in [9.17, 15) is 4.79 Å². The fourth-order valence-corrected chi connectivity index (χ4v) is 1.46. The minimum Gasteiger partial charge on any atom is -0.366 e. The molecule has 0 radical (unpaired) electrons. The van der Waals surface area contributed by atoms with Gasteiger partial charge in [-0.05, 0) is 32.0 Å². The van der Waals surface area contributed by atoms with E-state index in [0.717, 1.165) is 19.6 Å². The van der Waals surface area contributed by atoms with Crippen LogP contribution in [0.5, 0.6) is 0 Å². The van der Waals surface area contributed by atoms with Gasteiger partial charge in [0.1, 0.15) is 0 Å². The fourth-order valence-electron chi connectivity index (χ4n) is 1.46. The molecule has 1 heterocycles. The Morgan fingerprint density at radius 1 is 1.33 bits per heavy atom. The molecule has 1 fully saturated rings. The molecule has 0 aliphatic carbocycles. The van der Waals surface area contributed by atoms with Gasteiger partial charge in [0.25, 0.3) is 0 Å². The molecule has 1 amide bonds. The zero-order chi connectivity index (χ0) is 8.81. The summed E-state index contributed by atoms with van der Waals surface area (Å²) < 4.78 is 0. The van der Waals surface area contributed by atoms with Gasteiger partial charge in [0.2, 0.25) is 5.91 Å². The van der Waals surface area contributed by atoms with Crippen molar-refractivity contribution >= 4 is 5.91 Å². The molecule has 1 rings (SSSR count). The molecule has 0 spiro atoms. The van der Waals surface area contributed by atoms with Crippen LogP contribution in [0, 0.1) is 0 Å². The van der Waals surface area contributed by atoms with E-state index in [1.165, 1.54) is 25.3 Å². The highest BCUT2D eigenvalue weighted by molar-refractivity contribution is 5.85. The van der Waals surface area contributed by atoms with E-state index >= 15 is 0 Å². The molecular weight excluding hydrogens is 152 g/mol. The number of rotatable bonds is 3. The number of piperidine rings is 1. The van der Waals surface area contributed by atoms with Crippen LogP contribution in [-0.2, 0) is 4.79 Å². The van der Waals surface area contributed by atoms with Gasteiger partial charge in [-0.2, -0.15) is 0 Å². The molecule has 1 aliphatic rings. The first-order valence-electron chi connectivity index (χ1n) is 4.47. The van der Waals surface area contributed by atoms with Crippen LogP contribution < -0.4 is 5.73 Å². The molecule has 0 aromatic heterocycles. The van der Waals surface area contributed by atoms with Crippen molar-refractivity contribution in [2.45, 2.75) is 19.3 Å². The summed E-state index contributed by atoms with van der Waals surface area (Å²) in [6.07, 6.45) is 7.19. The van der Waals surface area contributed by atoms with Crippen LogP contribution in [0.25, 0.3) is 0 Å². The Morgan fingerprint density at radius 3 is 2.58 bits per heavy atom. The largest absolute Gasteiger partial charge is 0.366 e. The highest BCUT2D eigenvalue weighted by Gasteiger charge is 2.07. The Labute approximate surface area is 73.2 Å². The standard InChI is InChI=1S/C9H16N2O/c10-9(12)5-4-8-11-6-2-1-3-7-11/h4-5H,1-3,6-8H2,(H2,10,12)/b5-4+. The molecule has 1 saturated heterocycles. The topological polar surface area (TPSA) is 46.3 Å². The van der Waals surface area contributed by atoms with E-state index in [2.05, 4.69) is 4.90 Å². The lowest BCUT2D eigenvalue weighted by Crippen LogP contribution is -2.29. The first-order valence-corrected chi connectivity index (χ1v) is 4.47. The zero-order valence-corrected chi connectivity index (χ0v) is 7.33. The summed E-state index contributed by atoms with van der Waals surface area (Å²) in [5, 5.41) is 0. The average Bonchev–Trinajstić information content (AvgIpc) is 2.05. The van der Waals surface area contributed by atoms with Crippen LogP contribution in [0.3, 0.4) is 0 Å². The molecule has 0 unspecified atom stereocenters. The summed E-state index contributed by atoms with van der Waals surface area (Å²) in [6, 6.07) is 0. The Bertz CT molecular complexity index is 171. The van der Waals surface area contributed by atoms with Gasteiger partial charge in [-0.3, -0.25) is 9.69 Å². The van der Waals surface area contributed by atoms with Crippen LogP contribution in [0.4, 0.5) is 0 Å². The molecule has 68 valence electrons. The minimum atomic E-state index is -0.355. The second kappa shape index (κ2) is 4.93. The summed E-state index contributed by atoms with van der Waals surface area (Å²) in [4.78, 5) is 12.7. The van der Waals surface area contributed by atoms with Crippen molar-refractivity contribution in [3.8, 4) is 0 Å². The van der Waals surface area contributed by atoms with Gasteiger partial charge in [0, 0.05) is 6.54 Å². The van der Waals surface area contributed by atoms with E-state index < -0.39 is 0 Å². The number of hydrogen-bond acceptors (Lipinski definition) is 2. The number of primary amides is 1. The van der Waals surface area contributed by atoms with Gasteiger partial charge < -0.3 is 5.73 Å². The van der Waals surface area contributed by atoms with Crippen LogP contribution >= 0.6 is 0 Å². The Balaban J connectivity index is 2.17. The third kappa shape index (κ3) is 3.53. The number of nitrogens with two attached hydrogens (primary N) is 1. The lowest BCUT2D eigenvalue weighted by Gasteiger charge is -2.24. The molecule has 0 aromatic rings. The van der Waals surface area contributed by atoms with Crippen molar-refractivity contribution in [1.29, 1.82) is 0 Å². The summed E-state index contributed by atoms with van der Waals surface area (Å²) in [5.41, 5.74) is 4.96. The first kappa shape index (κ1) is 9.26. The quantitative estimate of drug-likeness (QED) is 0.624. The Morgan fingerprint density at radius 2 is 2.00 bits per heavy atom. The van der Waals surface area contributed by atoms with Crippen molar-refractivity contribution < 1.29 is 4.79 Å². The second-order valence-electron chi connectivity index (χ2n) is 3.17. The Kier molecular flexibility index (Phi) is 3.80. The smallest absolute Gasteiger partial charge is 0.241 e. The highest BCUT2D eigenvalue weighted by atomic mass is 16.1. The van der Waals surface area contributed by atoms with Gasteiger partial charge >= 0.3 is 0 Å². The fraction of sp³-hybridized carbons (Fsp3) is 0.667. The summed E-state index contributed by atoms with van der Waals surface area (Å²) >= 11 is 0. The maximum absolute atomic E-state index is 10.4. The normalized spacial score (nSPS) is 20.0. The molecule has 0 bridgehead atoms. The monoisotopic (exact) mass is 168 g/mol. The number of carbonyl (C=O) groups is 1. The van der Waals surface area contributed by atoms with Gasteiger partial charge in [0.15, 0.2) is 0 Å². The predicted molar refractivity (Wildman–Crippen MR) is 48.6 cm³/mol. The minimum absolute atomic E-state index is 0.355. The van der Waals surface area contributed by atoms with Crippen molar-refractivity contribution in [1.82, 2.24) is 4.90 Å². The molecule has 3 nitrogen and oxygen atoms in total. The highest BCUT2D eigenvalue weighted by Crippen LogP contribution is 2.07. The van der Waals surface area contributed by atoms with Crippen molar-refractivity contribution in [2.75, 3.05) is 19.6 Å². The zero-order valence-electron chi connectivity index (χ0n) is 7.33. The Hall–Kier alpha value is -0.830. The van der Waals surface area contributed by atoms with Crippen molar-refractivity contribution in [3.63, 3.8) is 0 Å². The van der Waals surface area contributed by atoms with Crippen LogP contribution in [0.1, 0.15) is 19.3 Å². The molecule has 2 N–H and O–H groups in total. The van der Waals surface area contributed by atoms with Crippen LogP contribution in [0.2, 0.25) is 0 Å². The first-order chi connectivity index (χ1) is 5.79. The third-order valence-electron chi connectivity index (χ3n) is 2.09. The van der Waals surface area contributed by atoms with Gasteiger partial charge in [0.05, 0.1) is 0 Å². The maximum atomic E-state index is 10.4. The molecule has 0 aromatic carbocycles. The molecule has 1 aliphatic heterocycles. The lowest BCUT2D eigenvalue weighted by molar-refractivity contribution is -0.113. The summed E-state index contributed by atoms with van der Waals surface area (Å²) in [7, 11) is 0. The van der Waals surface area contributed by atoms with E-state index in [-0.39, 0.29) is 5.91 Å². The SMILES string of the molecule is NC(=O)/C=C/CN1CCCCC1. The van der Waals surface area contributed by atoms with Gasteiger partial charge in [-0.25, -0.2) is 0 Å². The summed E-state index contributed by atoms with van der Waals surface area (Å²) in [6.45, 7) is 3.18. The van der Waals surface area contributed by atoms with Crippen LogP contribution in [0.15, 0.2) is 12.2 Å². The third-order valence-corrected chi connectivity index (χ3v) is 2.09. The number of likely N-dealkylation sites (tertiary alicyclic amines) is 1. The molecule has 12 heavy (non-hydrogen) atoms. The number of nitrogens with zero attached hydrogens (tertiary/aromatic N) is 1. The van der Waals surface area contributed by atoms with E-state index in [4.69, 9.17) is 5.73 Å². The molecule has 0 atom stereocenters. The van der Waals surface area contributed by atoms with Crippen molar-refractivity contribution in [2.24, 2.45) is 5.73 Å². The predicted octanol–water partition coefficient (Wildman–Crippen LogP) is 0.514. The van der Waals surface area contributed by atoms with E-state index in [0.29, 0.717) is 0 Å². The van der Waals surface area contributed by atoms with Gasteiger partial charge in [-0.15, -0.1) is 0 Å².